The SMILES string of the molecule is NC(CO)c1ncc(-c2ccc(F)c(F)c2)[nH]1. The van der Waals surface area contributed by atoms with Gasteiger partial charge in [-0.25, -0.2) is 13.8 Å². The van der Waals surface area contributed by atoms with Crippen LogP contribution < -0.4 is 5.73 Å². The zero-order chi connectivity index (χ0) is 12.4. The molecule has 0 bridgehead atoms. The van der Waals surface area contributed by atoms with Gasteiger partial charge < -0.3 is 15.8 Å². The first-order chi connectivity index (χ1) is 8.11. The van der Waals surface area contributed by atoms with Crippen LogP contribution in [0.2, 0.25) is 0 Å². The number of aliphatic hydroxyl groups is 1. The predicted molar refractivity (Wildman–Crippen MR) is 58.0 cm³/mol. The van der Waals surface area contributed by atoms with Crippen molar-refractivity contribution in [1.29, 1.82) is 0 Å². The summed E-state index contributed by atoms with van der Waals surface area (Å²) in [4.78, 5) is 6.80. The van der Waals surface area contributed by atoms with Crippen LogP contribution in [0, 0.1) is 11.6 Å². The zero-order valence-corrected chi connectivity index (χ0v) is 8.82. The maximum absolute atomic E-state index is 13.0. The molecule has 0 spiro atoms. The first kappa shape index (κ1) is 11.7. The van der Waals surface area contributed by atoms with Crippen LogP contribution in [0.5, 0.6) is 0 Å². The molecule has 0 saturated heterocycles. The molecule has 2 aromatic rings. The van der Waals surface area contributed by atoms with E-state index in [-0.39, 0.29) is 6.61 Å². The number of nitrogens with zero attached hydrogens (tertiary/aromatic N) is 1. The normalized spacial score (nSPS) is 12.7. The van der Waals surface area contributed by atoms with Crippen LogP contribution in [-0.4, -0.2) is 21.7 Å². The third-order valence-electron chi connectivity index (χ3n) is 2.37. The highest BCUT2D eigenvalue weighted by Gasteiger charge is 2.11. The van der Waals surface area contributed by atoms with Gasteiger partial charge in [0.25, 0.3) is 0 Å². The number of benzene rings is 1. The van der Waals surface area contributed by atoms with Gasteiger partial charge in [-0.3, -0.25) is 0 Å². The van der Waals surface area contributed by atoms with Gasteiger partial charge in [-0.2, -0.15) is 0 Å². The Labute approximate surface area is 96.1 Å². The molecule has 0 fully saturated rings. The maximum atomic E-state index is 13.0. The summed E-state index contributed by atoms with van der Waals surface area (Å²) in [6.45, 7) is -0.245. The topological polar surface area (TPSA) is 74.9 Å². The Morgan fingerprint density at radius 1 is 1.35 bits per heavy atom. The Balaban J connectivity index is 2.33. The highest BCUT2D eigenvalue weighted by atomic mass is 19.2. The van der Waals surface area contributed by atoms with Gasteiger partial charge in [0.1, 0.15) is 5.82 Å². The number of aromatic nitrogens is 2. The van der Waals surface area contributed by atoms with E-state index < -0.39 is 17.7 Å². The zero-order valence-electron chi connectivity index (χ0n) is 8.82. The van der Waals surface area contributed by atoms with Crippen molar-refractivity contribution in [3.8, 4) is 11.3 Å². The van der Waals surface area contributed by atoms with Crippen molar-refractivity contribution in [2.45, 2.75) is 6.04 Å². The average Bonchev–Trinajstić information content (AvgIpc) is 2.81. The van der Waals surface area contributed by atoms with Crippen molar-refractivity contribution in [2.24, 2.45) is 5.73 Å². The molecule has 0 aliphatic rings. The first-order valence-corrected chi connectivity index (χ1v) is 4.98. The molecule has 0 aliphatic carbocycles. The number of hydrogen-bond acceptors (Lipinski definition) is 3. The van der Waals surface area contributed by atoms with E-state index in [0.29, 0.717) is 17.1 Å². The summed E-state index contributed by atoms with van der Waals surface area (Å²) in [5.41, 5.74) is 6.54. The van der Waals surface area contributed by atoms with Gasteiger partial charge in [0.2, 0.25) is 0 Å². The van der Waals surface area contributed by atoms with Crippen LogP contribution >= 0.6 is 0 Å². The molecule has 17 heavy (non-hydrogen) atoms. The average molecular weight is 239 g/mol. The third-order valence-corrected chi connectivity index (χ3v) is 2.37. The highest BCUT2D eigenvalue weighted by molar-refractivity contribution is 5.58. The Kier molecular flexibility index (Phi) is 3.16. The van der Waals surface area contributed by atoms with Crippen LogP contribution in [0.1, 0.15) is 11.9 Å². The summed E-state index contributed by atoms with van der Waals surface area (Å²) in [7, 11) is 0. The van der Waals surface area contributed by atoms with Crippen molar-refractivity contribution in [3.05, 3.63) is 41.9 Å². The van der Waals surface area contributed by atoms with Crippen molar-refractivity contribution in [3.63, 3.8) is 0 Å². The summed E-state index contributed by atoms with van der Waals surface area (Å²) < 4.78 is 25.8. The maximum Gasteiger partial charge on any atom is 0.159 e. The van der Waals surface area contributed by atoms with Crippen LogP contribution in [-0.2, 0) is 0 Å². The predicted octanol–water partition coefficient (Wildman–Crippen LogP) is 1.35. The highest BCUT2D eigenvalue weighted by Crippen LogP contribution is 2.20. The Morgan fingerprint density at radius 2 is 2.12 bits per heavy atom. The molecule has 4 N–H and O–H groups in total. The minimum absolute atomic E-state index is 0.245. The summed E-state index contributed by atoms with van der Waals surface area (Å²) in [6.07, 6.45) is 1.46. The van der Waals surface area contributed by atoms with Gasteiger partial charge >= 0.3 is 0 Å². The van der Waals surface area contributed by atoms with Crippen LogP contribution in [0.25, 0.3) is 11.3 Å². The lowest BCUT2D eigenvalue weighted by Crippen LogP contribution is -2.15. The van der Waals surface area contributed by atoms with E-state index >= 15 is 0 Å². The van der Waals surface area contributed by atoms with E-state index in [1.165, 1.54) is 12.3 Å². The first-order valence-electron chi connectivity index (χ1n) is 4.98. The monoisotopic (exact) mass is 239 g/mol. The number of hydrogen-bond donors (Lipinski definition) is 3. The third kappa shape index (κ3) is 2.32. The molecule has 90 valence electrons. The number of nitrogens with two attached hydrogens (primary N) is 1. The number of halogens is 2. The standard InChI is InChI=1S/C11H11F2N3O/c12-7-2-1-6(3-8(7)13)10-4-15-11(16-10)9(14)5-17/h1-4,9,17H,5,14H2,(H,15,16). The molecule has 1 heterocycles. The number of imidazole rings is 1. The number of nitrogens with one attached hydrogen (secondary N) is 1. The van der Waals surface area contributed by atoms with E-state index in [2.05, 4.69) is 9.97 Å². The van der Waals surface area contributed by atoms with Crippen LogP contribution in [0.15, 0.2) is 24.4 Å². The Bertz CT molecular complexity index is 527. The van der Waals surface area contributed by atoms with Crippen LogP contribution in [0.3, 0.4) is 0 Å². The fourth-order valence-electron chi connectivity index (χ4n) is 1.42. The lowest BCUT2D eigenvalue weighted by atomic mass is 10.1. The van der Waals surface area contributed by atoms with E-state index in [1.54, 1.807) is 0 Å². The second-order valence-corrected chi connectivity index (χ2v) is 3.60. The van der Waals surface area contributed by atoms with E-state index in [9.17, 15) is 8.78 Å². The van der Waals surface area contributed by atoms with Crippen molar-refractivity contribution >= 4 is 0 Å². The molecule has 0 amide bonds. The molecule has 1 aromatic heterocycles. The number of rotatable bonds is 3. The fraction of sp³-hybridized carbons (Fsp3) is 0.182. The number of aromatic amines is 1. The molecule has 0 aliphatic heterocycles. The minimum Gasteiger partial charge on any atom is -0.394 e. The van der Waals surface area contributed by atoms with Gasteiger partial charge in [-0.1, -0.05) is 0 Å². The molecule has 0 radical (unpaired) electrons. The number of H-pyrrole nitrogens is 1. The lowest BCUT2D eigenvalue weighted by Gasteiger charge is -2.03. The van der Waals surface area contributed by atoms with Gasteiger partial charge in [0, 0.05) is 5.56 Å². The molecule has 4 nitrogen and oxygen atoms in total. The fourth-order valence-corrected chi connectivity index (χ4v) is 1.42. The second kappa shape index (κ2) is 4.60. The summed E-state index contributed by atoms with van der Waals surface area (Å²) in [5, 5.41) is 8.85. The van der Waals surface area contributed by atoms with Crippen molar-refractivity contribution < 1.29 is 13.9 Å². The molecule has 1 aromatic carbocycles. The van der Waals surface area contributed by atoms with E-state index in [1.807, 2.05) is 0 Å². The molecule has 0 saturated carbocycles. The minimum atomic E-state index is -0.926. The summed E-state index contributed by atoms with van der Waals surface area (Å²) in [5.74, 6) is -1.43. The van der Waals surface area contributed by atoms with Crippen LogP contribution in [0.4, 0.5) is 8.78 Å². The van der Waals surface area contributed by atoms with Gasteiger partial charge in [0.15, 0.2) is 11.6 Å². The Hall–Kier alpha value is -1.79. The molecular formula is C11H11F2N3O. The van der Waals surface area contributed by atoms with Gasteiger partial charge in [0.05, 0.1) is 24.5 Å². The van der Waals surface area contributed by atoms with Gasteiger partial charge in [-0.15, -0.1) is 0 Å². The lowest BCUT2D eigenvalue weighted by molar-refractivity contribution is 0.264. The van der Waals surface area contributed by atoms with Crippen molar-refractivity contribution in [2.75, 3.05) is 6.61 Å². The molecule has 6 heteroatoms. The van der Waals surface area contributed by atoms with Crippen molar-refractivity contribution in [1.82, 2.24) is 9.97 Å². The largest absolute Gasteiger partial charge is 0.394 e. The Morgan fingerprint density at radius 3 is 2.76 bits per heavy atom. The molecule has 2 rings (SSSR count). The quantitative estimate of drug-likeness (QED) is 0.756. The molecule has 1 atom stereocenters. The van der Waals surface area contributed by atoms with Gasteiger partial charge in [-0.05, 0) is 18.2 Å². The summed E-state index contributed by atoms with van der Waals surface area (Å²) >= 11 is 0. The number of aliphatic hydroxyl groups excluding tert-OH is 1. The molecule has 1 unspecified atom stereocenters. The smallest absolute Gasteiger partial charge is 0.159 e. The van der Waals surface area contributed by atoms with E-state index in [0.717, 1.165) is 12.1 Å². The summed E-state index contributed by atoms with van der Waals surface area (Å²) in [6, 6.07) is 2.92. The van der Waals surface area contributed by atoms with E-state index in [4.69, 9.17) is 10.8 Å². The second-order valence-electron chi connectivity index (χ2n) is 3.60. The molecular weight excluding hydrogens is 228 g/mol.